The minimum Gasteiger partial charge on any atom is -0.394 e. The molecule has 3 N–H and O–H groups in total. The van der Waals surface area contributed by atoms with Gasteiger partial charge < -0.3 is 15.5 Å². The van der Waals surface area contributed by atoms with Gasteiger partial charge in [0.2, 0.25) is 5.91 Å². The first-order valence-electron chi connectivity index (χ1n) is 21.2. The monoisotopic (exact) mass is 696 g/mol. The number of hydrogen-bond donors (Lipinski definition) is 3. The fourth-order valence-corrected chi connectivity index (χ4v) is 5.97. The van der Waals surface area contributed by atoms with E-state index in [9.17, 15) is 15.0 Å². The molecule has 4 heteroatoms. The summed E-state index contributed by atoms with van der Waals surface area (Å²) in [6.07, 6.45) is 58.5. The van der Waals surface area contributed by atoms with Crippen molar-refractivity contribution in [2.45, 2.75) is 206 Å². The minimum atomic E-state index is -0.844. The van der Waals surface area contributed by atoms with Gasteiger partial charge in [-0.05, 0) is 64.2 Å². The van der Waals surface area contributed by atoms with Crippen molar-refractivity contribution in [3.63, 3.8) is 0 Å². The number of amides is 1. The lowest BCUT2D eigenvalue weighted by molar-refractivity contribution is -0.123. The van der Waals surface area contributed by atoms with Crippen LogP contribution in [0.15, 0.2) is 72.9 Å². The summed E-state index contributed by atoms with van der Waals surface area (Å²) in [6, 6.07) is -0.628. The smallest absolute Gasteiger partial charge is 0.220 e. The predicted molar refractivity (Wildman–Crippen MR) is 220 cm³/mol. The molecule has 2 unspecified atom stereocenters. The van der Waals surface area contributed by atoms with Gasteiger partial charge in [0.15, 0.2) is 0 Å². The van der Waals surface area contributed by atoms with Crippen molar-refractivity contribution in [2.24, 2.45) is 0 Å². The normalized spacial score (nSPS) is 13.8. The van der Waals surface area contributed by atoms with E-state index in [-0.39, 0.29) is 12.5 Å². The third kappa shape index (κ3) is 37.1. The van der Waals surface area contributed by atoms with Crippen LogP contribution in [0, 0.1) is 0 Å². The van der Waals surface area contributed by atoms with E-state index in [1.165, 1.54) is 116 Å². The number of allylic oxidation sites excluding steroid dienone is 11. The summed E-state index contributed by atoms with van der Waals surface area (Å²) in [5.74, 6) is -0.0747. The molecular formula is C46H81NO3. The van der Waals surface area contributed by atoms with E-state index < -0.39 is 12.1 Å². The first-order valence-corrected chi connectivity index (χ1v) is 21.2. The molecule has 2 atom stereocenters. The third-order valence-corrected chi connectivity index (χ3v) is 9.20. The van der Waals surface area contributed by atoms with Gasteiger partial charge in [0.05, 0.1) is 18.8 Å². The molecule has 50 heavy (non-hydrogen) atoms. The second-order valence-electron chi connectivity index (χ2n) is 14.0. The van der Waals surface area contributed by atoms with E-state index in [2.05, 4.69) is 79.9 Å². The maximum Gasteiger partial charge on any atom is 0.220 e. The fraction of sp³-hybridized carbons (Fsp3) is 0.717. The van der Waals surface area contributed by atoms with Gasteiger partial charge in [-0.2, -0.15) is 0 Å². The number of nitrogens with one attached hydrogen (secondary N) is 1. The molecule has 0 aromatic carbocycles. The summed E-state index contributed by atoms with van der Waals surface area (Å²) in [7, 11) is 0. The molecule has 0 saturated heterocycles. The van der Waals surface area contributed by atoms with Crippen LogP contribution >= 0.6 is 0 Å². The van der Waals surface area contributed by atoms with Crippen molar-refractivity contribution in [2.75, 3.05) is 6.61 Å². The topological polar surface area (TPSA) is 69.6 Å². The number of aliphatic hydroxyl groups is 2. The Hall–Kier alpha value is -2.17. The fourth-order valence-electron chi connectivity index (χ4n) is 5.97. The standard InChI is InChI=1S/C46H81NO3/c1-3-5-7-9-11-13-15-17-18-19-20-21-22-23-24-25-26-27-28-30-32-34-36-38-40-42-46(50)47-44(43-48)45(49)41-39-37-35-33-31-29-16-14-12-10-8-6-4-2/h5,7,11,13,17-18,20-21,23-24,39,41,44-45,48-49H,3-4,6,8-10,12,14-16,19,22,25-38,40,42-43H2,1-2H3,(H,47,50)/b7-5-,13-11-,18-17-,21-20-,24-23-,41-39+. The molecule has 0 rings (SSSR count). The highest BCUT2D eigenvalue weighted by molar-refractivity contribution is 5.76. The highest BCUT2D eigenvalue weighted by atomic mass is 16.3. The molecular weight excluding hydrogens is 615 g/mol. The number of rotatable bonds is 37. The number of unbranched alkanes of at least 4 members (excludes halogenated alkanes) is 20. The maximum atomic E-state index is 12.4. The van der Waals surface area contributed by atoms with Crippen LogP contribution in [0.25, 0.3) is 0 Å². The van der Waals surface area contributed by atoms with Crippen LogP contribution in [0.2, 0.25) is 0 Å². The molecule has 0 aliphatic carbocycles. The molecule has 0 bridgehead atoms. The predicted octanol–water partition coefficient (Wildman–Crippen LogP) is 13.1. The summed E-state index contributed by atoms with van der Waals surface area (Å²) < 4.78 is 0. The molecule has 0 aliphatic heterocycles. The minimum absolute atomic E-state index is 0.0747. The van der Waals surface area contributed by atoms with Crippen LogP contribution in [-0.2, 0) is 4.79 Å². The summed E-state index contributed by atoms with van der Waals surface area (Å²) >= 11 is 0. The van der Waals surface area contributed by atoms with Gasteiger partial charge in [-0.1, -0.05) is 196 Å². The first-order chi connectivity index (χ1) is 24.7. The van der Waals surface area contributed by atoms with E-state index >= 15 is 0 Å². The second kappa shape index (κ2) is 41.3. The van der Waals surface area contributed by atoms with Gasteiger partial charge in [-0.3, -0.25) is 4.79 Å². The largest absolute Gasteiger partial charge is 0.394 e. The summed E-state index contributed by atoms with van der Waals surface area (Å²) in [5.41, 5.74) is 0. The van der Waals surface area contributed by atoms with Gasteiger partial charge in [-0.15, -0.1) is 0 Å². The number of carbonyl (C=O) groups excluding carboxylic acids is 1. The van der Waals surface area contributed by atoms with Crippen molar-refractivity contribution >= 4 is 5.91 Å². The lowest BCUT2D eigenvalue weighted by atomic mass is 10.0. The van der Waals surface area contributed by atoms with E-state index in [1.807, 2.05) is 6.08 Å². The Balaban J connectivity index is 3.62. The van der Waals surface area contributed by atoms with Crippen LogP contribution in [0.1, 0.15) is 194 Å². The van der Waals surface area contributed by atoms with Crippen LogP contribution in [0.4, 0.5) is 0 Å². The zero-order valence-corrected chi connectivity index (χ0v) is 32.9. The first kappa shape index (κ1) is 47.8. The quantitative estimate of drug-likeness (QED) is 0.0447. The summed E-state index contributed by atoms with van der Waals surface area (Å²) in [6.45, 7) is 4.18. The Kier molecular flexibility index (Phi) is 39.5. The highest BCUT2D eigenvalue weighted by Gasteiger charge is 2.17. The Morgan fingerprint density at radius 3 is 1.32 bits per heavy atom. The van der Waals surface area contributed by atoms with Gasteiger partial charge in [-0.25, -0.2) is 0 Å². The summed E-state index contributed by atoms with van der Waals surface area (Å²) in [5, 5.41) is 23.0. The van der Waals surface area contributed by atoms with Gasteiger partial charge >= 0.3 is 0 Å². The van der Waals surface area contributed by atoms with Crippen LogP contribution in [0.5, 0.6) is 0 Å². The molecule has 0 aliphatic rings. The van der Waals surface area contributed by atoms with Crippen molar-refractivity contribution in [3.05, 3.63) is 72.9 Å². The molecule has 288 valence electrons. The Labute approximate surface area is 310 Å². The van der Waals surface area contributed by atoms with Crippen molar-refractivity contribution in [3.8, 4) is 0 Å². The molecule has 0 fully saturated rings. The van der Waals surface area contributed by atoms with Crippen molar-refractivity contribution in [1.29, 1.82) is 0 Å². The lowest BCUT2D eigenvalue weighted by Crippen LogP contribution is -2.45. The van der Waals surface area contributed by atoms with Gasteiger partial charge in [0, 0.05) is 6.42 Å². The van der Waals surface area contributed by atoms with E-state index in [0.29, 0.717) is 6.42 Å². The van der Waals surface area contributed by atoms with Crippen molar-refractivity contribution < 1.29 is 15.0 Å². The summed E-state index contributed by atoms with van der Waals surface area (Å²) in [4.78, 5) is 12.4. The van der Waals surface area contributed by atoms with E-state index in [1.54, 1.807) is 6.08 Å². The molecule has 0 spiro atoms. The lowest BCUT2D eigenvalue weighted by Gasteiger charge is -2.20. The Morgan fingerprint density at radius 2 is 0.880 bits per heavy atom. The average molecular weight is 696 g/mol. The number of hydrogen-bond acceptors (Lipinski definition) is 3. The molecule has 1 amide bonds. The highest BCUT2D eigenvalue weighted by Crippen LogP contribution is 2.14. The zero-order valence-electron chi connectivity index (χ0n) is 32.9. The number of aliphatic hydroxyl groups excluding tert-OH is 2. The van der Waals surface area contributed by atoms with E-state index in [0.717, 1.165) is 57.8 Å². The van der Waals surface area contributed by atoms with E-state index in [4.69, 9.17) is 0 Å². The Bertz CT molecular complexity index is 884. The molecule has 4 nitrogen and oxygen atoms in total. The van der Waals surface area contributed by atoms with Gasteiger partial charge in [0.25, 0.3) is 0 Å². The molecule has 0 radical (unpaired) electrons. The molecule has 0 heterocycles. The molecule has 0 aromatic rings. The average Bonchev–Trinajstić information content (AvgIpc) is 3.12. The van der Waals surface area contributed by atoms with Crippen LogP contribution in [0.3, 0.4) is 0 Å². The molecule has 0 saturated carbocycles. The van der Waals surface area contributed by atoms with Crippen LogP contribution < -0.4 is 5.32 Å². The Morgan fingerprint density at radius 1 is 0.500 bits per heavy atom. The number of carbonyl (C=O) groups is 1. The second-order valence-corrected chi connectivity index (χ2v) is 14.0. The van der Waals surface area contributed by atoms with Crippen molar-refractivity contribution in [1.82, 2.24) is 5.32 Å². The van der Waals surface area contributed by atoms with Crippen LogP contribution in [-0.4, -0.2) is 34.9 Å². The third-order valence-electron chi connectivity index (χ3n) is 9.20. The van der Waals surface area contributed by atoms with Gasteiger partial charge in [0.1, 0.15) is 0 Å². The molecule has 0 aromatic heterocycles. The maximum absolute atomic E-state index is 12.4. The SMILES string of the molecule is CC/C=C\C/C=C\C/C=C\C/C=C\C/C=C\CCCCCCCCCCCC(=O)NC(CO)C(O)/C=C/CCCCCCCCCCCCC. The zero-order chi connectivity index (χ0) is 36.4.